The van der Waals surface area contributed by atoms with E-state index < -0.39 is 0 Å². The summed E-state index contributed by atoms with van der Waals surface area (Å²) in [6.45, 7) is 6.60. The summed E-state index contributed by atoms with van der Waals surface area (Å²) in [4.78, 5) is 8.28. The van der Waals surface area contributed by atoms with Crippen molar-refractivity contribution >= 4 is 11.6 Å². The second kappa shape index (κ2) is 4.46. The number of aromatic nitrogens is 2. The van der Waals surface area contributed by atoms with E-state index in [-0.39, 0.29) is 5.41 Å². The van der Waals surface area contributed by atoms with Crippen molar-refractivity contribution in [1.82, 2.24) is 9.97 Å². The van der Waals surface area contributed by atoms with Crippen molar-refractivity contribution in [1.29, 1.82) is 0 Å². The minimum Gasteiger partial charge on any atom is -0.251 e. The molecule has 0 atom stereocenters. The SMILES string of the molecule is CC(C)(C)c1ccc(-c2cnc(Cl)cn2)cc1. The van der Waals surface area contributed by atoms with Gasteiger partial charge in [-0.15, -0.1) is 0 Å². The van der Waals surface area contributed by atoms with Gasteiger partial charge in [0.25, 0.3) is 0 Å². The average Bonchev–Trinajstić information content (AvgIpc) is 2.29. The van der Waals surface area contributed by atoms with Gasteiger partial charge < -0.3 is 0 Å². The van der Waals surface area contributed by atoms with Gasteiger partial charge in [0.15, 0.2) is 0 Å². The van der Waals surface area contributed by atoms with Crippen LogP contribution in [-0.2, 0) is 5.41 Å². The highest BCUT2D eigenvalue weighted by Gasteiger charge is 2.13. The highest BCUT2D eigenvalue weighted by molar-refractivity contribution is 6.29. The van der Waals surface area contributed by atoms with Gasteiger partial charge in [-0.2, -0.15) is 0 Å². The highest BCUT2D eigenvalue weighted by Crippen LogP contribution is 2.25. The summed E-state index contributed by atoms with van der Waals surface area (Å²) >= 11 is 5.71. The third-order valence-electron chi connectivity index (χ3n) is 2.67. The van der Waals surface area contributed by atoms with E-state index in [0.717, 1.165) is 11.3 Å². The third-order valence-corrected chi connectivity index (χ3v) is 2.86. The van der Waals surface area contributed by atoms with Crippen LogP contribution in [0.3, 0.4) is 0 Å². The van der Waals surface area contributed by atoms with E-state index in [0.29, 0.717) is 5.15 Å². The molecular weight excluding hydrogens is 232 g/mol. The minimum absolute atomic E-state index is 0.171. The Morgan fingerprint density at radius 1 is 0.941 bits per heavy atom. The monoisotopic (exact) mass is 246 g/mol. The fourth-order valence-corrected chi connectivity index (χ4v) is 1.70. The van der Waals surface area contributed by atoms with E-state index in [1.54, 1.807) is 12.4 Å². The maximum Gasteiger partial charge on any atom is 0.147 e. The molecule has 2 nitrogen and oxygen atoms in total. The zero-order valence-electron chi connectivity index (χ0n) is 10.2. The zero-order valence-corrected chi connectivity index (χ0v) is 11.0. The van der Waals surface area contributed by atoms with Crippen molar-refractivity contribution in [2.75, 3.05) is 0 Å². The van der Waals surface area contributed by atoms with Crippen LogP contribution in [0.1, 0.15) is 26.3 Å². The van der Waals surface area contributed by atoms with Crippen LogP contribution in [0.4, 0.5) is 0 Å². The van der Waals surface area contributed by atoms with Crippen LogP contribution in [0, 0.1) is 0 Å². The van der Waals surface area contributed by atoms with Crippen LogP contribution < -0.4 is 0 Å². The first-order valence-corrected chi connectivity index (χ1v) is 5.93. The van der Waals surface area contributed by atoms with E-state index in [2.05, 4.69) is 55.0 Å². The molecule has 2 rings (SSSR count). The first-order valence-electron chi connectivity index (χ1n) is 5.55. The summed E-state index contributed by atoms with van der Waals surface area (Å²) in [5.74, 6) is 0. The minimum atomic E-state index is 0.171. The molecule has 17 heavy (non-hydrogen) atoms. The van der Waals surface area contributed by atoms with Gasteiger partial charge in [-0.3, -0.25) is 4.98 Å². The molecule has 0 amide bonds. The maximum absolute atomic E-state index is 5.71. The van der Waals surface area contributed by atoms with E-state index >= 15 is 0 Å². The summed E-state index contributed by atoms with van der Waals surface area (Å²) in [7, 11) is 0. The van der Waals surface area contributed by atoms with E-state index in [4.69, 9.17) is 11.6 Å². The first kappa shape index (κ1) is 12.1. The van der Waals surface area contributed by atoms with Crippen LogP contribution in [0.2, 0.25) is 5.15 Å². The van der Waals surface area contributed by atoms with Gasteiger partial charge in [0.2, 0.25) is 0 Å². The lowest BCUT2D eigenvalue weighted by molar-refractivity contribution is 0.590. The Labute approximate surface area is 107 Å². The van der Waals surface area contributed by atoms with Gasteiger partial charge in [-0.05, 0) is 11.0 Å². The topological polar surface area (TPSA) is 25.8 Å². The molecule has 0 radical (unpaired) electrons. The molecule has 0 fully saturated rings. The third kappa shape index (κ3) is 2.83. The van der Waals surface area contributed by atoms with E-state index in [1.165, 1.54) is 5.56 Å². The first-order chi connectivity index (χ1) is 7.97. The van der Waals surface area contributed by atoms with Gasteiger partial charge in [-0.1, -0.05) is 56.6 Å². The number of nitrogens with zero attached hydrogens (tertiary/aromatic N) is 2. The number of hydrogen-bond acceptors (Lipinski definition) is 2. The van der Waals surface area contributed by atoms with Crippen molar-refractivity contribution < 1.29 is 0 Å². The second-order valence-corrected chi connectivity index (χ2v) is 5.44. The van der Waals surface area contributed by atoms with Crippen LogP contribution >= 0.6 is 11.6 Å². The number of benzene rings is 1. The van der Waals surface area contributed by atoms with Gasteiger partial charge in [0, 0.05) is 5.56 Å². The molecule has 3 heteroatoms. The lowest BCUT2D eigenvalue weighted by Crippen LogP contribution is -2.10. The molecule has 0 saturated heterocycles. The van der Waals surface area contributed by atoms with Crippen LogP contribution in [0.25, 0.3) is 11.3 Å². The van der Waals surface area contributed by atoms with Crippen molar-refractivity contribution in [3.8, 4) is 11.3 Å². The van der Waals surface area contributed by atoms with Crippen LogP contribution in [0.15, 0.2) is 36.7 Å². The quantitative estimate of drug-likeness (QED) is 0.757. The van der Waals surface area contributed by atoms with E-state index in [9.17, 15) is 0 Å². The predicted octanol–water partition coefficient (Wildman–Crippen LogP) is 4.09. The lowest BCUT2D eigenvalue weighted by Gasteiger charge is -2.19. The molecule has 0 aliphatic rings. The lowest BCUT2D eigenvalue weighted by atomic mass is 9.86. The Kier molecular flexibility index (Phi) is 3.16. The molecular formula is C14H15ClN2. The molecule has 0 bridgehead atoms. The Morgan fingerprint density at radius 3 is 2.06 bits per heavy atom. The Balaban J connectivity index is 2.33. The normalized spacial score (nSPS) is 11.5. The van der Waals surface area contributed by atoms with Gasteiger partial charge in [0.1, 0.15) is 5.15 Å². The second-order valence-electron chi connectivity index (χ2n) is 5.05. The standard InChI is InChI=1S/C14H15ClN2/c1-14(2,3)11-6-4-10(5-7-11)12-8-17-13(15)9-16-12/h4-9H,1-3H3. The molecule has 2 aromatic rings. The van der Waals surface area contributed by atoms with Crippen molar-refractivity contribution in [2.45, 2.75) is 26.2 Å². The summed E-state index contributed by atoms with van der Waals surface area (Å²) in [5.41, 5.74) is 3.38. The summed E-state index contributed by atoms with van der Waals surface area (Å²) in [5, 5.41) is 0.417. The smallest absolute Gasteiger partial charge is 0.147 e. The van der Waals surface area contributed by atoms with Crippen molar-refractivity contribution in [2.24, 2.45) is 0 Å². The van der Waals surface area contributed by atoms with Crippen LogP contribution in [0.5, 0.6) is 0 Å². The number of hydrogen-bond donors (Lipinski definition) is 0. The van der Waals surface area contributed by atoms with Gasteiger partial charge >= 0.3 is 0 Å². The summed E-state index contributed by atoms with van der Waals surface area (Å²) in [6.07, 6.45) is 3.25. The molecule has 0 saturated carbocycles. The zero-order chi connectivity index (χ0) is 12.5. The van der Waals surface area contributed by atoms with E-state index in [1.807, 2.05) is 0 Å². The van der Waals surface area contributed by atoms with Gasteiger partial charge in [0.05, 0.1) is 18.1 Å². The molecule has 0 aliphatic heterocycles. The van der Waals surface area contributed by atoms with Crippen molar-refractivity contribution in [3.05, 3.63) is 47.4 Å². The molecule has 0 aliphatic carbocycles. The summed E-state index contributed by atoms with van der Waals surface area (Å²) < 4.78 is 0. The highest BCUT2D eigenvalue weighted by atomic mass is 35.5. The Morgan fingerprint density at radius 2 is 1.59 bits per heavy atom. The molecule has 0 unspecified atom stereocenters. The summed E-state index contributed by atoms with van der Waals surface area (Å²) in [6, 6.07) is 8.40. The average molecular weight is 247 g/mol. The molecule has 88 valence electrons. The number of halogens is 1. The van der Waals surface area contributed by atoms with Crippen LogP contribution in [-0.4, -0.2) is 9.97 Å². The predicted molar refractivity (Wildman–Crippen MR) is 71.2 cm³/mol. The number of rotatable bonds is 1. The fraction of sp³-hybridized carbons (Fsp3) is 0.286. The maximum atomic E-state index is 5.71. The molecule has 0 spiro atoms. The Bertz CT molecular complexity index is 495. The Hall–Kier alpha value is -1.41. The molecule has 0 N–H and O–H groups in total. The fourth-order valence-electron chi connectivity index (χ4n) is 1.60. The van der Waals surface area contributed by atoms with Gasteiger partial charge in [-0.25, -0.2) is 4.98 Å². The molecule has 1 aromatic heterocycles. The molecule has 1 heterocycles. The largest absolute Gasteiger partial charge is 0.251 e. The molecule has 1 aromatic carbocycles. The van der Waals surface area contributed by atoms with Crippen molar-refractivity contribution in [3.63, 3.8) is 0 Å².